The van der Waals surface area contributed by atoms with Crippen LogP contribution < -0.4 is 0 Å². The summed E-state index contributed by atoms with van der Waals surface area (Å²) in [6.07, 6.45) is 8.15. The Kier molecular flexibility index (Phi) is 2.99. The molecule has 2 nitrogen and oxygen atoms in total. The minimum atomic E-state index is 0.379. The van der Waals surface area contributed by atoms with Crippen LogP contribution in [0, 0.1) is 5.92 Å². The van der Waals surface area contributed by atoms with E-state index < -0.39 is 0 Å². The standard InChI is InChI=1S/C11H18O2/c12-11-5-1-3-9(11)6-7-10-4-2-8-13-10/h9-10H,1-8H2. The smallest absolute Gasteiger partial charge is 0.135 e. The fourth-order valence-electron chi connectivity index (χ4n) is 2.45. The van der Waals surface area contributed by atoms with E-state index >= 15 is 0 Å². The Bertz CT molecular complexity index is 183. The highest BCUT2D eigenvalue weighted by Gasteiger charge is 2.25. The number of hydrogen-bond donors (Lipinski definition) is 0. The summed E-state index contributed by atoms with van der Waals surface area (Å²) in [6.45, 7) is 0.934. The number of Topliss-reactive ketones (excluding diaryl/α,β-unsaturated/α-hetero) is 1. The van der Waals surface area contributed by atoms with Gasteiger partial charge in [-0.1, -0.05) is 0 Å². The molecule has 2 rings (SSSR count). The van der Waals surface area contributed by atoms with Crippen molar-refractivity contribution in [2.45, 2.75) is 51.0 Å². The van der Waals surface area contributed by atoms with Gasteiger partial charge in [-0.05, 0) is 38.5 Å². The van der Waals surface area contributed by atoms with Crippen molar-refractivity contribution in [2.75, 3.05) is 6.61 Å². The summed E-state index contributed by atoms with van der Waals surface area (Å²) in [4.78, 5) is 11.3. The maximum atomic E-state index is 11.3. The summed E-state index contributed by atoms with van der Waals surface area (Å²) >= 11 is 0. The number of rotatable bonds is 3. The van der Waals surface area contributed by atoms with Gasteiger partial charge in [0.05, 0.1) is 6.10 Å². The highest BCUT2D eigenvalue weighted by molar-refractivity contribution is 5.82. The van der Waals surface area contributed by atoms with Crippen LogP contribution in [0.2, 0.25) is 0 Å². The Labute approximate surface area is 79.7 Å². The number of ketones is 1. The highest BCUT2D eigenvalue weighted by atomic mass is 16.5. The number of hydrogen-bond acceptors (Lipinski definition) is 2. The third kappa shape index (κ3) is 2.31. The topological polar surface area (TPSA) is 26.3 Å². The summed E-state index contributed by atoms with van der Waals surface area (Å²) in [5.74, 6) is 0.877. The lowest BCUT2D eigenvalue weighted by Crippen LogP contribution is -2.11. The number of ether oxygens (including phenoxy) is 1. The van der Waals surface area contributed by atoms with E-state index in [1.165, 1.54) is 12.8 Å². The van der Waals surface area contributed by atoms with Gasteiger partial charge in [0, 0.05) is 18.9 Å². The zero-order valence-electron chi connectivity index (χ0n) is 8.13. The van der Waals surface area contributed by atoms with E-state index in [1.54, 1.807) is 0 Å². The molecule has 0 N–H and O–H groups in total. The molecule has 1 aliphatic carbocycles. The number of carbonyl (C=O) groups is 1. The van der Waals surface area contributed by atoms with Gasteiger partial charge in [-0.25, -0.2) is 0 Å². The minimum Gasteiger partial charge on any atom is -0.378 e. The summed E-state index contributed by atoms with van der Waals surface area (Å²) in [6, 6.07) is 0. The summed E-state index contributed by atoms with van der Waals surface area (Å²) in [5, 5.41) is 0. The second-order valence-corrected chi connectivity index (χ2v) is 4.27. The third-order valence-electron chi connectivity index (χ3n) is 3.29. The van der Waals surface area contributed by atoms with Gasteiger partial charge < -0.3 is 4.74 Å². The lowest BCUT2D eigenvalue weighted by molar-refractivity contribution is -0.120. The normalized spacial score (nSPS) is 34.3. The molecule has 74 valence electrons. The van der Waals surface area contributed by atoms with E-state index in [0.717, 1.165) is 38.7 Å². The molecule has 1 saturated heterocycles. The lowest BCUT2D eigenvalue weighted by Gasteiger charge is -2.11. The minimum absolute atomic E-state index is 0.379. The molecule has 2 atom stereocenters. The second kappa shape index (κ2) is 4.23. The van der Waals surface area contributed by atoms with E-state index in [2.05, 4.69) is 0 Å². The van der Waals surface area contributed by atoms with Crippen LogP contribution in [0.4, 0.5) is 0 Å². The SMILES string of the molecule is O=C1CCCC1CCC1CCCO1. The van der Waals surface area contributed by atoms with E-state index in [4.69, 9.17) is 4.74 Å². The van der Waals surface area contributed by atoms with E-state index in [1.807, 2.05) is 0 Å². The van der Waals surface area contributed by atoms with Crippen molar-refractivity contribution in [3.8, 4) is 0 Å². The Morgan fingerprint density at radius 3 is 2.77 bits per heavy atom. The van der Waals surface area contributed by atoms with Crippen molar-refractivity contribution in [1.82, 2.24) is 0 Å². The van der Waals surface area contributed by atoms with Gasteiger partial charge in [0.25, 0.3) is 0 Å². The van der Waals surface area contributed by atoms with Crippen molar-refractivity contribution in [3.63, 3.8) is 0 Å². The third-order valence-corrected chi connectivity index (χ3v) is 3.29. The van der Waals surface area contributed by atoms with Crippen LogP contribution >= 0.6 is 0 Å². The molecule has 13 heavy (non-hydrogen) atoms. The van der Waals surface area contributed by atoms with E-state index in [0.29, 0.717) is 17.8 Å². The van der Waals surface area contributed by atoms with Gasteiger partial charge in [0.1, 0.15) is 5.78 Å². The molecule has 1 heterocycles. The molecule has 0 bridgehead atoms. The summed E-state index contributed by atoms with van der Waals surface area (Å²) in [5.41, 5.74) is 0. The first-order valence-corrected chi connectivity index (χ1v) is 5.50. The molecule has 0 spiro atoms. The molecule has 0 amide bonds. The van der Waals surface area contributed by atoms with Crippen molar-refractivity contribution < 1.29 is 9.53 Å². The quantitative estimate of drug-likeness (QED) is 0.669. The lowest BCUT2D eigenvalue weighted by atomic mass is 9.98. The molecule has 2 aliphatic rings. The molecule has 2 heteroatoms. The maximum absolute atomic E-state index is 11.3. The van der Waals surface area contributed by atoms with E-state index in [9.17, 15) is 4.79 Å². The largest absolute Gasteiger partial charge is 0.378 e. The predicted octanol–water partition coefficient (Wildman–Crippen LogP) is 2.31. The fraction of sp³-hybridized carbons (Fsp3) is 0.909. The molecular weight excluding hydrogens is 164 g/mol. The van der Waals surface area contributed by atoms with Crippen molar-refractivity contribution in [2.24, 2.45) is 5.92 Å². The van der Waals surface area contributed by atoms with Crippen LogP contribution in [-0.2, 0) is 9.53 Å². The number of carbonyl (C=O) groups excluding carboxylic acids is 1. The van der Waals surface area contributed by atoms with Crippen LogP contribution in [0.25, 0.3) is 0 Å². The first-order valence-electron chi connectivity index (χ1n) is 5.50. The molecule has 0 radical (unpaired) electrons. The van der Waals surface area contributed by atoms with Crippen LogP contribution in [0.5, 0.6) is 0 Å². The molecule has 2 unspecified atom stereocenters. The van der Waals surface area contributed by atoms with Crippen LogP contribution in [0.1, 0.15) is 44.9 Å². The molecule has 0 aromatic rings. The van der Waals surface area contributed by atoms with Crippen LogP contribution in [0.3, 0.4) is 0 Å². The first kappa shape index (κ1) is 9.20. The molecule has 0 aromatic heterocycles. The van der Waals surface area contributed by atoms with Gasteiger partial charge in [0.2, 0.25) is 0 Å². The summed E-state index contributed by atoms with van der Waals surface area (Å²) < 4.78 is 5.54. The van der Waals surface area contributed by atoms with Gasteiger partial charge in [0.15, 0.2) is 0 Å². The molecule has 1 saturated carbocycles. The maximum Gasteiger partial charge on any atom is 0.135 e. The van der Waals surface area contributed by atoms with Crippen molar-refractivity contribution in [1.29, 1.82) is 0 Å². The molecular formula is C11H18O2. The van der Waals surface area contributed by atoms with Gasteiger partial charge in [-0.15, -0.1) is 0 Å². The predicted molar refractivity (Wildman–Crippen MR) is 50.6 cm³/mol. The highest BCUT2D eigenvalue weighted by Crippen LogP contribution is 2.28. The zero-order valence-corrected chi connectivity index (χ0v) is 8.13. The van der Waals surface area contributed by atoms with Gasteiger partial charge in [-0.2, -0.15) is 0 Å². The van der Waals surface area contributed by atoms with Gasteiger partial charge in [-0.3, -0.25) is 4.79 Å². The average molecular weight is 182 g/mol. The van der Waals surface area contributed by atoms with Crippen molar-refractivity contribution >= 4 is 5.78 Å². The fourth-order valence-corrected chi connectivity index (χ4v) is 2.45. The Balaban J connectivity index is 1.69. The van der Waals surface area contributed by atoms with E-state index in [-0.39, 0.29) is 0 Å². The Morgan fingerprint density at radius 2 is 2.15 bits per heavy atom. The van der Waals surface area contributed by atoms with Crippen molar-refractivity contribution in [3.05, 3.63) is 0 Å². The molecule has 1 aliphatic heterocycles. The summed E-state index contributed by atoms with van der Waals surface area (Å²) in [7, 11) is 0. The Morgan fingerprint density at radius 1 is 1.23 bits per heavy atom. The monoisotopic (exact) mass is 182 g/mol. The zero-order chi connectivity index (χ0) is 9.10. The van der Waals surface area contributed by atoms with Crippen LogP contribution in [-0.4, -0.2) is 18.5 Å². The second-order valence-electron chi connectivity index (χ2n) is 4.27. The average Bonchev–Trinajstić information content (AvgIpc) is 2.72. The first-order chi connectivity index (χ1) is 6.36. The van der Waals surface area contributed by atoms with Crippen LogP contribution in [0.15, 0.2) is 0 Å². The Hall–Kier alpha value is -0.370. The molecule has 0 aromatic carbocycles. The molecule has 2 fully saturated rings. The van der Waals surface area contributed by atoms with Gasteiger partial charge >= 0.3 is 0 Å².